The van der Waals surface area contributed by atoms with Crippen LogP contribution in [0.2, 0.25) is 0 Å². The Kier molecular flexibility index (Phi) is 6.68. The highest BCUT2D eigenvalue weighted by atomic mass is 16.6. The minimum atomic E-state index is -0.991. The molecule has 0 aromatic heterocycles. The summed E-state index contributed by atoms with van der Waals surface area (Å²) in [6, 6.07) is 9.16. The third kappa shape index (κ3) is 5.12. The Balaban J connectivity index is 1.61. The molecule has 28 heavy (non-hydrogen) atoms. The number of ketones is 1. The van der Waals surface area contributed by atoms with Crippen molar-refractivity contribution in [1.29, 1.82) is 0 Å². The summed E-state index contributed by atoms with van der Waals surface area (Å²) in [6.07, 6.45) is 5.44. The molecule has 2 aliphatic rings. The van der Waals surface area contributed by atoms with Crippen LogP contribution in [0.15, 0.2) is 41.8 Å². The average Bonchev–Trinajstić information content (AvgIpc) is 2.88. The number of ether oxygens (including phenoxy) is 2. The molecule has 2 N–H and O–H groups in total. The summed E-state index contributed by atoms with van der Waals surface area (Å²) in [5, 5.41) is 5.87. The number of hydrogen-bond donors (Lipinski definition) is 2. The Hall–Kier alpha value is -2.83. The molecule has 150 valence electrons. The molecule has 0 bridgehead atoms. The maximum Gasteiger partial charge on any atom is 0.348 e. The van der Waals surface area contributed by atoms with E-state index in [1.54, 1.807) is 12.1 Å². The Labute approximate surface area is 164 Å². The first kappa shape index (κ1) is 19.9. The minimum absolute atomic E-state index is 0.0533. The van der Waals surface area contributed by atoms with Gasteiger partial charge in [0.2, 0.25) is 11.7 Å². The summed E-state index contributed by atoms with van der Waals surface area (Å²) in [5.41, 5.74) is 0.481. The molecule has 0 spiro atoms. The van der Waals surface area contributed by atoms with E-state index < -0.39 is 17.9 Å². The van der Waals surface area contributed by atoms with Gasteiger partial charge in [0, 0.05) is 11.7 Å². The van der Waals surface area contributed by atoms with E-state index in [1.165, 1.54) is 19.8 Å². The molecule has 3 rings (SSSR count). The van der Waals surface area contributed by atoms with Gasteiger partial charge in [-0.25, -0.2) is 4.79 Å². The Bertz CT molecular complexity index is 751. The lowest BCUT2D eigenvalue weighted by molar-refractivity contribution is -0.152. The van der Waals surface area contributed by atoms with Crippen molar-refractivity contribution >= 4 is 23.3 Å². The van der Waals surface area contributed by atoms with Gasteiger partial charge in [0.15, 0.2) is 18.3 Å². The van der Waals surface area contributed by atoms with Crippen LogP contribution >= 0.6 is 0 Å². The van der Waals surface area contributed by atoms with Crippen LogP contribution in [0.25, 0.3) is 0 Å². The van der Waals surface area contributed by atoms with E-state index in [2.05, 4.69) is 10.6 Å². The molecule has 1 aromatic carbocycles. The van der Waals surface area contributed by atoms with Crippen molar-refractivity contribution in [1.82, 2.24) is 5.32 Å². The highest BCUT2D eigenvalue weighted by Gasteiger charge is 2.34. The molecule has 1 atom stereocenters. The number of carbonyl (C=O) groups excluding carboxylic acids is 3. The molecule has 1 aliphatic carbocycles. The molecule has 1 heterocycles. The minimum Gasteiger partial charge on any atom is -0.470 e. The van der Waals surface area contributed by atoms with Crippen molar-refractivity contribution < 1.29 is 23.9 Å². The number of rotatable bonds is 6. The molecular weight excluding hydrogens is 360 g/mol. The van der Waals surface area contributed by atoms with E-state index in [4.69, 9.17) is 9.47 Å². The fourth-order valence-electron chi connectivity index (χ4n) is 3.38. The number of hydrogen-bond acceptors (Lipinski definition) is 6. The van der Waals surface area contributed by atoms with Gasteiger partial charge in [0.05, 0.1) is 0 Å². The number of amides is 1. The normalized spacial score (nSPS) is 18.8. The molecule has 7 nitrogen and oxygen atoms in total. The molecule has 7 heteroatoms. The largest absolute Gasteiger partial charge is 0.470 e. The first-order chi connectivity index (χ1) is 13.5. The molecular formula is C21H26N2O5. The zero-order valence-electron chi connectivity index (χ0n) is 16.0. The van der Waals surface area contributed by atoms with Crippen molar-refractivity contribution in [3.05, 3.63) is 41.8 Å². The number of nitrogens with one attached hydrogen (secondary N) is 2. The van der Waals surface area contributed by atoms with Crippen molar-refractivity contribution in [2.45, 2.75) is 57.6 Å². The molecule has 0 unspecified atom stereocenters. The lowest BCUT2D eigenvalue weighted by atomic mass is 10.1. The number of Topliss-reactive ketones (excluding diaryl/α,β-unsaturated/α-hetero) is 1. The molecule has 1 aliphatic heterocycles. The molecule has 1 aromatic rings. The predicted molar refractivity (Wildman–Crippen MR) is 103 cm³/mol. The third-order valence-corrected chi connectivity index (χ3v) is 4.94. The average molecular weight is 386 g/mol. The fraction of sp³-hybridized carbons (Fsp3) is 0.476. The zero-order valence-corrected chi connectivity index (χ0v) is 16.0. The predicted octanol–water partition coefficient (Wildman–Crippen LogP) is 2.68. The van der Waals surface area contributed by atoms with Gasteiger partial charge in [0.25, 0.3) is 5.91 Å². The SMILES string of the molecule is C[C@H](OC(=O)C1=C(Nc2ccccc2)OCC1=O)C(=O)NC1CCCCCC1. The fourth-order valence-corrected chi connectivity index (χ4v) is 3.38. The van der Waals surface area contributed by atoms with Gasteiger partial charge in [-0.15, -0.1) is 0 Å². The van der Waals surface area contributed by atoms with Crippen molar-refractivity contribution in [2.24, 2.45) is 0 Å². The second kappa shape index (κ2) is 9.39. The lowest BCUT2D eigenvalue weighted by Crippen LogP contribution is -2.42. The van der Waals surface area contributed by atoms with Gasteiger partial charge < -0.3 is 20.1 Å². The second-order valence-corrected chi connectivity index (χ2v) is 7.15. The van der Waals surface area contributed by atoms with E-state index >= 15 is 0 Å². The molecule has 1 saturated carbocycles. The van der Waals surface area contributed by atoms with Crippen molar-refractivity contribution in [3.63, 3.8) is 0 Å². The van der Waals surface area contributed by atoms with Crippen LogP contribution < -0.4 is 10.6 Å². The maximum absolute atomic E-state index is 12.5. The summed E-state index contributed by atoms with van der Waals surface area (Å²) in [6.45, 7) is 1.28. The molecule has 0 radical (unpaired) electrons. The topological polar surface area (TPSA) is 93.7 Å². The number of anilines is 1. The quantitative estimate of drug-likeness (QED) is 0.444. The van der Waals surface area contributed by atoms with Crippen LogP contribution in [-0.2, 0) is 23.9 Å². The number of carbonyl (C=O) groups is 3. The third-order valence-electron chi connectivity index (χ3n) is 4.94. The maximum atomic E-state index is 12.5. The highest BCUT2D eigenvalue weighted by Crippen LogP contribution is 2.21. The van der Waals surface area contributed by atoms with Crippen LogP contribution in [0.5, 0.6) is 0 Å². The van der Waals surface area contributed by atoms with E-state index in [0.29, 0.717) is 5.69 Å². The van der Waals surface area contributed by atoms with Gasteiger partial charge in [-0.05, 0) is 31.9 Å². The van der Waals surface area contributed by atoms with Gasteiger partial charge in [-0.3, -0.25) is 9.59 Å². The Morgan fingerprint density at radius 3 is 2.46 bits per heavy atom. The number of para-hydroxylation sites is 1. The van der Waals surface area contributed by atoms with Crippen molar-refractivity contribution in [2.75, 3.05) is 11.9 Å². The Morgan fingerprint density at radius 1 is 1.11 bits per heavy atom. The van der Waals surface area contributed by atoms with E-state index in [0.717, 1.165) is 25.7 Å². The van der Waals surface area contributed by atoms with Crippen LogP contribution in [0, 0.1) is 0 Å². The highest BCUT2D eigenvalue weighted by molar-refractivity contribution is 6.20. The van der Waals surface area contributed by atoms with Crippen LogP contribution in [-0.4, -0.2) is 36.4 Å². The monoisotopic (exact) mass is 386 g/mol. The molecule has 1 amide bonds. The van der Waals surface area contributed by atoms with E-state index in [-0.39, 0.29) is 30.0 Å². The molecule has 1 fully saturated rings. The smallest absolute Gasteiger partial charge is 0.348 e. The summed E-state index contributed by atoms with van der Waals surface area (Å²) in [5.74, 6) is -1.62. The van der Waals surface area contributed by atoms with Crippen LogP contribution in [0.4, 0.5) is 5.69 Å². The standard InChI is InChI=1S/C21H26N2O5/c1-14(19(25)22-15-9-5-2-3-6-10-15)28-21(26)18-17(24)13-27-20(18)23-16-11-7-4-8-12-16/h4,7-8,11-12,14-15,23H,2-3,5-6,9-10,13H2,1H3,(H,22,25)/t14-/m0/s1. The summed E-state index contributed by atoms with van der Waals surface area (Å²) < 4.78 is 10.6. The van der Waals surface area contributed by atoms with E-state index in [1.807, 2.05) is 18.2 Å². The van der Waals surface area contributed by atoms with Crippen LogP contribution in [0.1, 0.15) is 45.4 Å². The first-order valence-corrected chi connectivity index (χ1v) is 9.78. The molecule has 0 saturated heterocycles. The lowest BCUT2D eigenvalue weighted by Gasteiger charge is -2.19. The number of esters is 1. The van der Waals surface area contributed by atoms with Gasteiger partial charge in [0.1, 0.15) is 0 Å². The van der Waals surface area contributed by atoms with E-state index in [9.17, 15) is 14.4 Å². The summed E-state index contributed by atoms with van der Waals surface area (Å²) in [7, 11) is 0. The van der Waals surface area contributed by atoms with Crippen molar-refractivity contribution in [3.8, 4) is 0 Å². The number of benzene rings is 1. The van der Waals surface area contributed by atoms with Crippen LogP contribution in [0.3, 0.4) is 0 Å². The van der Waals surface area contributed by atoms with Gasteiger partial charge in [-0.1, -0.05) is 43.9 Å². The first-order valence-electron chi connectivity index (χ1n) is 9.78. The summed E-state index contributed by atoms with van der Waals surface area (Å²) >= 11 is 0. The summed E-state index contributed by atoms with van der Waals surface area (Å²) in [4.78, 5) is 37.0. The zero-order chi connectivity index (χ0) is 19.9. The Morgan fingerprint density at radius 2 is 1.79 bits per heavy atom. The van der Waals surface area contributed by atoms with Gasteiger partial charge in [-0.2, -0.15) is 0 Å². The second-order valence-electron chi connectivity index (χ2n) is 7.15. The van der Waals surface area contributed by atoms with Gasteiger partial charge >= 0.3 is 5.97 Å².